The summed E-state index contributed by atoms with van der Waals surface area (Å²) < 4.78 is 37.7. The smallest absolute Gasteiger partial charge is 0.327 e. The normalized spacial score (nSPS) is 31.0. The predicted molar refractivity (Wildman–Crippen MR) is 78.4 cm³/mol. The van der Waals surface area contributed by atoms with Gasteiger partial charge in [0.1, 0.15) is 6.54 Å². The van der Waals surface area contributed by atoms with Crippen LogP contribution in [0.25, 0.3) is 0 Å². The van der Waals surface area contributed by atoms with Gasteiger partial charge in [-0.05, 0) is 37.5 Å². The van der Waals surface area contributed by atoms with E-state index in [1.54, 1.807) is 0 Å². The summed E-state index contributed by atoms with van der Waals surface area (Å²) in [4.78, 5) is 12.4. The Balaban J connectivity index is 1.59. The number of nitrogens with two attached hydrogens (primary N) is 1. The van der Waals surface area contributed by atoms with Crippen molar-refractivity contribution in [2.24, 2.45) is 23.5 Å². The van der Waals surface area contributed by atoms with Crippen LogP contribution in [0.5, 0.6) is 0 Å². The standard InChI is InChI=1S/C15H21F3N4O/c16-15(17,18)8-22-7-12(6-20-22)21-14(23)11-4-9-2-1-3-10(5-11)13(9)19/h6-7,9-11,13H,1-5,8,19H2,(H,21,23). The molecule has 2 unspecified atom stereocenters. The minimum atomic E-state index is -4.33. The second-order valence-corrected chi connectivity index (χ2v) is 6.73. The number of carbonyl (C=O) groups is 1. The van der Waals surface area contributed by atoms with E-state index >= 15 is 0 Å². The molecule has 0 spiro atoms. The topological polar surface area (TPSA) is 72.9 Å². The lowest BCUT2D eigenvalue weighted by molar-refractivity contribution is -0.142. The summed E-state index contributed by atoms with van der Waals surface area (Å²) in [7, 11) is 0. The monoisotopic (exact) mass is 330 g/mol. The molecule has 0 aliphatic heterocycles. The molecule has 2 saturated carbocycles. The number of rotatable bonds is 3. The highest BCUT2D eigenvalue weighted by Crippen LogP contribution is 2.42. The van der Waals surface area contributed by atoms with Crippen molar-refractivity contribution in [2.75, 3.05) is 5.32 Å². The summed E-state index contributed by atoms with van der Waals surface area (Å²) in [5.41, 5.74) is 6.51. The van der Waals surface area contributed by atoms with Crippen molar-refractivity contribution >= 4 is 11.6 Å². The molecule has 8 heteroatoms. The number of aromatic nitrogens is 2. The molecule has 3 rings (SSSR count). The molecule has 3 N–H and O–H groups in total. The zero-order chi connectivity index (χ0) is 16.6. The van der Waals surface area contributed by atoms with Crippen LogP contribution in [0.1, 0.15) is 32.1 Å². The average molecular weight is 330 g/mol. The van der Waals surface area contributed by atoms with E-state index < -0.39 is 12.7 Å². The van der Waals surface area contributed by atoms with E-state index in [1.165, 1.54) is 18.8 Å². The van der Waals surface area contributed by atoms with E-state index in [2.05, 4.69) is 10.4 Å². The third-order valence-electron chi connectivity index (χ3n) is 5.03. The fourth-order valence-corrected chi connectivity index (χ4v) is 3.95. The van der Waals surface area contributed by atoms with E-state index in [4.69, 9.17) is 5.73 Å². The highest BCUT2D eigenvalue weighted by Gasteiger charge is 2.40. The van der Waals surface area contributed by atoms with Gasteiger partial charge in [-0.2, -0.15) is 18.3 Å². The van der Waals surface area contributed by atoms with E-state index in [1.807, 2.05) is 0 Å². The Hall–Kier alpha value is -1.57. The molecule has 0 aromatic carbocycles. The number of anilines is 1. The van der Waals surface area contributed by atoms with Gasteiger partial charge in [-0.25, -0.2) is 0 Å². The first-order valence-electron chi connectivity index (χ1n) is 7.97. The molecule has 1 aromatic rings. The van der Waals surface area contributed by atoms with Crippen LogP contribution in [0.4, 0.5) is 18.9 Å². The van der Waals surface area contributed by atoms with Gasteiger partial charge in [0, 0.05) is 18.2 Å². The van der Waals surface area contributed by atoms with Crippen LogP contribution in [0.3, 0.4) is 0 Å². The highest BCUT2D eigenvalue weighted by molar-refractivity contribution is 5.92. The molecule has 5 nitrogen and oxygen atoms in total. The van der Waals surface area contributed by atoms with Crippen LogP contribution in [0.2, 0.25) is 0 Å². The number of amides is 1. The third kappa shape index (κ3) is 3.85. The Morgan fingerprint density at radius 3 is 2.61 bits per heavy atom. The van der Waals surface area contributed by atoms with Crippen molar-refractivity contribution in [1.29, 1.82) is 0 Å². The van der Waals surface area contributed by atoms with E-state index in [0.29, 0.717) is 17.5 Å². The van der Waals surface area contributed by atoms with Gasteiger partial charge in [0.05, 0.1) is 11.9 Å². The second-order valence-electron chi connectivity index (χ2n) is 6.73. The fourth-order valence-electron chi connectivity index (χ4n) is 3.95. The van der Waals surface area contributed by atoms with Gasteiger partial charge in [0.15, 0.2) is 0 Å². The van der Waals surface area contributed by atoms with Gasteiger partial charge < -0.3 is 11.1 Å². The molecule has 2 fully saturated rings. The number of halogens is 3. The molecule has 2 atom stereocenters. The Kier molecular flexibility index (Phi) is 4.35. The first kappa shape index (κ1) is 16.3. The van der Waals surface area contributed by atoms with Crippen LogP contribution in [-0.2, 0) is 11.3 Å². The Bertz CT molecular complexity index is 557. The molecular weight excluding hydrogens is 309 g/mol. The molecule has 2 aliphatic carbocycles. The third-order valence-corrected chi connectivity index (χ3v) is 5.03. The Morgan fingerprint density at radius 1 is 1.35 bits per heavy atom. The maximum Gasteiger partial charge on any atom is 0.408 e. The largest absolute Gasteiger partial charge is 0.408 e. The Morgan fingerprint density at radius 2 is 2.00 bits per heavy atom. The summed E-state index contributed by atoms with van der Waals surface area (Å²) in [6, 6.07) is 0.183. The molecule has 1 amide bonds. The number of nitrogens with zero attached hydrogens (tertiary/aromatic N) is 2. The van der Waals surface area contributed by atoms with Crippen molar-refractivity contribution < 1.29 is 18.0 Å². The van der Waals surface area contributed by atoms with Crippen LogP contribution < -0.4 is 11.1 Å². The molecule has 2 bridgehead atoms. The maximum absolute atomic E-state index is 12.4. The zero-order valence-corrected chi connectivity index (χ0v) is 12.7. The van der Waals surface area contributed by atoms with Crippen molar-refractivity contribution in [3.8, 4) is 0 Å². The minimum Gasteiger partial charge on any atom is -0.327 e. The SMILES string of the molecule is NC1C2CCCC1CC(C(=O)Nc1cnn(CC(F)(F)F)c1)C2. The van der Waals surface area contributed by atoms with Gasteiger partial charge >= 0.3 is 6.18 Å². The maximum atomic E-state index is 12.4. The average Bonchev–Trinajstić information content (AvgIpc) is 2.83. The molecule has 2 aliphatic rings. The lowest BCUT2D eigenvalue weighted by atomic mass is 9.65. The Labute approximate surface area is 132 Å². The number of fused-ring (bicyclic) bond motifs is 2. The van der Waals surface area contributed by atoms with Crippen molar-refractivity contribution in [1.82, 2.24) is 9.78 Å². The number of carbonyl (C=O) groups excluding carboxylic acids is 1. The first-order valence-corrected chi connectivity index (χ1v) is 7.97. The number of alkyl halides is 3. The molecule has 1 heterocycles. The van der Waals surface area contributed by atoms with Crippen LogP contribution >= 0.6 is 0 Å². The first-order chi connectivity index (χ1) is 10.8. The number of hydrogen-bond acceptors (Lipinski definition) is 3. The minimum absolute atomic E-state index is 0.115. The van der Waals surface area contributed by atoms with Gasteiger partial charge in [-0.3, -0.25) is 9.48 Å². The number of hydrogen-bond donors (Lipinski definition) is 2. The fraction of sp³-hybridized carbons (Fsp3) is 0.733. The van der Waals surface area contributed by atoms with Crippen LogP contribution in [0.15, 0.2) is 12.4 Å². The van der Waals surface area contributed by atoms with E-state index in [0.717, 1.165) is 30.4 Å². The molecular formula is C15H21F3N4O. The van der Waals surface area contributed by atoms with Crippen LogP contribution in [-0.4, -0.2) is 27.9 Å². The lowest BCUT2D eigenvalue weighted by Crippen LogP contribution is -2.48. The van der Waals surface area contributed by atoms with Crippen molar-refractivity contribution in [3.05, 3.63) is 12.4 Å². The predicted octanol–water partition coefficient (Wildman–Crippen LogP) is 2.54. The lowest BCUT2D eigenvalue weighted by Gasteiger charge is -2.43. The molecule has 0 saturated heterocycles. The molecule has 23 heavy (non-hydrogen) atoms. The molecule has 128 valence electrons. The molecule has 1 aromatic heterocycles. The van der Waals surface area contributed by atoms with Crippen LogP contribution in [0, 0.1) is 17.8 Å². The van der Waals surface area contributed by atoms with Gasteiger partial charge in [-0.15, -0.1) is 0 Å². The summed E-state index contributed by atoms with van der Waals surface area (Å²) >= 11 is 0. The van der Waals surface area contributed by atoms with Gasteiger partial charge in [0.2, 0.25) is 5.91 Å². The quantitative estimate of drug-likeness (QED) is 0.894. The van der Waals surface area contributed by atoms with Crippen molar-refractivity contribution in [2.45, 2.75) is 50.9 Å². The van der Waals surface area contributed by atoms with Gasteiger partial charge in [0.25, 0.3) is 0 Å². The van der Waals surface area contributed by atoms with Gasteiger partial charge in [-0.1, -0.05) is 6.42 Å². The molecule has 0 radical (unpaired) electrons. The van der Waals surface area contributed by atoms with Crippen molar-refractivity contribution in [3.63, 3.8) is 0 Å². The highest BCUT2D eigenvalue weighted by atomic mass is 19.4. The summed E-state index contributed by atoms with van der Waals surface area (Å²) in [5.74, 6) is 0.508. The summed E-state index contributed by atoms with van der Waals surface area (Å²) in [5, 5.41) is 6.32. The summed E-state index contributed by atoms with van der Waals surface area (Å²) in [6.07, 6.45) is 2.95. The summed E-state index contributed by atoms with van der Waals surface area (Å²) in [6.45, 7) is -1.16. The zero-order valence-electron chi connectivity index (χ0n) is 12.7. The second kappa shape index (κ2) is 6.14. The van der Waals surface area contributed by atoms with E-state index in [9.17, 15) is 18.0 Å². The van der Waals surface area contributed by atoms with E-state index in [-0.39, 0.29) is 17.9 Å². The number of nitrogens with one attached hydrogen (secondary N) is 1.